The molecule has 3 heteroatoms. The molecular formula is C22H33NO2. The smallest absolute Gasteiger partial charge is 0.221 e. The molecule has 0 radical (unpaired) electrons. The summed E-state index contributed by atoms with van der Waals surface area (Å²) in [6, 6.07) is 0. The van der Waals surface area contributed by atoms with Crippen LogP contribution in [0.5, 0.6) is 0 Å². The largest absolute Gasteiger partial charge is 0.381 e. The zero-order valence-electron chi connectivity index (χ0n) is 16.2. The fraction of sp³-hybridized carbons (Fsp3) is 0.864. The van der Waals surface area contributed by atoms with Gasteiger partial charge in [-0.05, 0) is 74.0 Å². The van der Waals surface area contributed by atoms with Gasteiger partial charge in [-0.15, -0.1) is 0 Å². The zero-order chi connectivity index (χ0) is 17.6. The minimum absolute atomic E-state index is 0.0798. The lowest BCUT2D eigenvalue weighted by Crippen LogP contribution is -2.57. The molecule has 0 aromatic carbocycles. The molecule has 1 spiro atoms. The monoisotopic (exact) mass is 343 g/mol. The van der Waals surface area contributed by atoms with Gasteiger partial charge >= 0.3 is 0 Å². The average molecular weight is 344 g/mol. The summed E-state index contributed by atoms with van der Waals surface area (Å²) in [6.45, 7) is 6.66. The molecule has 8 atom stereocenters. The van der Waals surface area contributed by atoms with E-state index in [-0.39, 0.29) is 11.3 Å². The highest BCUT2D eigenvalue weighted by molar-refractivity contribution is 5.75. The molecule has 5 rings (SSSR count). The summed E-state index contributed by atoms with van der Waals surface area (Å²) in [7, 11) is 1.95. The molecule has 0 aromatic rings. The van der Waals surface area contributed by atoms with Gasteiger partial charge in [0.1, 0.15) is 0 Å². The molecule has 1 N–H and O–H groups in total. The highest BCUT2D eigenvalue weighted by Crippen LogP contribution is 2.81. The van der Waals surface area contributed by atoms with Crippen molar-refractivity contribution in [2.45, 2.75) is 71.8 Å². The Kier molecular flexibility index (Phi) is 3.21. The molecule has 5 aliphatic rings. The van der Waals surface area contributed by atoms with E-state index in [2.05, 4.69) is 25.2 Å². The molecule has 0 unspecified atom stereocenters. The molecule has 25 heavy (non-hydrogen) atoms. The van der Waals surface area contributed by atoms with Crippen LogP contribution in [0.2, 0.25) is 0 Å². The molecule has 138 valence electrons. The van der Waals surface area contributed by atoms with E-state index < -0.39 is 0 Å². The minimum atomic E-state index is 0.0798. The topological polar surface area (TPSA) is 38.3 Å². The summed E-state index contributed by atoms with van der Waals surface area (Å²) in [5.74, 6) is 3.30. The van der Waals surface area contributed by atoms with Gasteiger partial charge in [0, 0.05) is 30.6 Å². The number of allylic oxidation sites excluding steroid dienone is 2. The molecule has 0 aromatic heterocycles. The minimum Gasteiger partial charge on any atom is -0.381 e. The van der Waals surface area contributed by atoms with Crippen LogP contribution >= 0.6 is 0 Å². The van der Waals surface area contributed by atoms with Crippen molar-refractivity contribution >= 4 is 5.91 Å². The van der Waals surface area contributed by atoms with Crippen LogP contribution in [0.15, 0.2) is 11.8 Å². The average Bonchev–Trinajstić information content (AvgIpc) is 3.10. The van der Waals surface area contributed by atoms with Gasteiger partial charge in [-0.3, -0.25) is 4.79 Å². The first-order valence-corrected chi connectivity index (χ1v) is 10.4. The van der Waals surface area contributed by atoms with E-state index in [4.69, 9.17) is 4.74 Å². The normalized spacial score (nSPS) is 55.5. The molecule has 5 aliphatic carbocycles. The van der Waals surface area contributed by atoms with Crippen LogP contribution in [0, 0.1) is 39.9 Å². The van der Waals surface area contributed by atoms with Gasteiger partial charge in [0.15, 0.2) is 0 Å². The summed E-state index contributed by atoms with van der Waals surface area (Å²) in [4.78, 5) is 11.7. The molecule has 1 amide bonds. The standard InChI is InChI=1S/C22H33NO2/c1-13(24)23-18-6-5-16-15-11-19(25-4)22-12-14(22)7-10-21(22,3)17(15)8-9-20(16,18)2/h6,14-17,19H,5,7-12H2,1-4H3,(H,23,24)/t14-,15+,16+,17+,19-,20+,21-,22+/m1/s1. The maximum absolute atomic E-state index is 11.7. The van der Waals surface area contributed by atoms with Crippen molar-refractivity contribution in [3.8, 4) is 0 Å². The lowest BCUT2D eigenvalue weighted by Gasteiger charge is -2.60. The number of hydrogen-bond acceptors (Lipinski definition) is 2. The van der Waals surface area contributed by atoms with Crippen molar-refractivity contribution in [2.75, 3.05) is 7.11 Å². The Morgan fingerprint density at radius 2 is 2.04 bits per heavy atom. The van der Waals surface area contributed by atoms with Gasteiger partial charge < -0.3 is 10.1 Å². The molecule has 0 aliphatic heterocycles. The lowest BCUT2D eigenvalue weighted by atomic mass is 9.46. The number of ether oxygens (including phenoxy) is 1. The van der Waals surface area contributed by atoms with E-state index in [1.165, 1.54) is 44.2 Å². The predicted molar refractivity (Wildman–Crippen MR) is 97.6 cm³/mol. The van der Waals surface area contributed by atoms with Crippen LogP contribution in [-0.4, -0.2) is 19.1 Å². The lowest BCUT2D eigenvalue weighted by molar-refractivity contribution is -0.153. The second-order valence-corrected chi connectivity index (χ2v) is 10.2. The van der Waals surface area contributed by atoms with Crippen molar-refractivity contribution in [3.05, 3.63) is 11.8 Å². The van der Waals surface area contributed by atoms with Crippen LogP contribution < -0.4 is 5.32 Å². The number of rotatable bonds is 2. The second kappa shape index (κ2) is 4.91. The SMILES string of the molecule is CO[C@@H]1C[C@H]2[C@@H]3CC=C(NC(C)=O)[C@@]3(C)CC[C@@H]2[C@@]2(C)CC[C@@H]3C[C@]312. The number of carbonyl (C=O) groups excluding carboxylic acids is 1. The number of methoxy groups -OCH3 is 1. The molecule has 0 heterocycles. The first kappa shape index (κ1) is 16.4. The number of amides is 1. The summed E-state index contributed by atoms with van der Waals surface area (Å²) >= 11 is 0. The van der Waals surface area contributed by atoms with E-state index >= 15 is 0 Å². The van der Waals surface area contributed by atoms with Gasteiger partial charge in [-0.1, -0.05) is 19.9 Å². The molecule has 4 saturated carbocycles. The van der Waals surface area contributed by atoms with E-state index in [9.17, 15) is 4.79 Å². The third kappa shape index (κ3) is 1.79. The second-order valence-electron chi connectivity index (χ2n) is 10.2. The van der Waals surface area contributed by atoms with Crippen molar-refractivity contribution in [1.29, 1.82) is 0 Å². The third-order valence-electron chi connectivity index (χ3n) is 9.72. The van der Waals surface area contributed by atoms with Crippen molar-refractivity contribution < 1.29 is 9.53 Å². The Balaban J connectivity index is 1.49. The number of hydrogen-bond donors (Lipinski definition) is 1. The van der Waals surface area contributed by atoms with Crippen LogP contribution in [0.3, 0.4) is 0 Å². The van der Waals surface area contributed by atoms with Crippen LogP contribution in [0.25, 0.3) is 0 Å². The van der Waals surface area contributed by atoms with Crippen LogP contribution in [0.1, 0.15) is 65.7 Å². The molecule has 4 fully saturated rings. The highest BCUT2D eigenvalue weighted by atomic mass is 16.5. The molecule has 0 bridgehead atoms. The van der Waals surface area contributed by atoms with Gasteiger partial charge in [0.2, 0.25) is 5.91 Å². The van der Waals surface area contributed by atoms with E-state index in [0.717, 1.165) is 24.2 Å². The van der Waals surface area contributed by atoms with Crippen molar-refractivity contribution in [3.63, 3.8) is 0 Å². The maximum Gasteiger partial charge on any atom is 0.221 e. The third-order valence-corrected chi connectivity index (χ3v) is 9.72. The Morgan fingerprint density at radius 3 is 2.72 bits per heavy atom. The summed E-state index contributed by atoms with van der Waals surface area (Å²) in [6.07, 6.45) is 12.0. The number of nitrogens with one attached hydrogen (secondary N) is 1. The van der Waals surface area contributed by atoms with Gasteiger partial charge in [0.05, 0.1) is 6.10 Å². The van der Waals surface area contributed by atoms with E-state index in [1.54, 1.807) is 6.92 Å². The van der Waals surface area contributed by atoms with Gasteiger partial charge in [-0.25, -0.2) is 0 Å². The molecular weight excluding hydrogens is 310 g/mol. The molecule has 3 nitrogen and oxygen atoms in total. The van der Waals surface area contributed by atoms with Gasteiger partial charge in [0.25, 0.3) is 0 Å². The van der Waals surface area contributed by atoms with Crippen LogP contribution in [0.4, 0.5) is 0 Å². The Labute approximate surface area is 152 Å². The van der Waals surface area contributed by atoms with Gasteiger partial charge in [-0.2, -0.15) is 0 Å². The van der Waals surface area contributed by atoms with E-state index in [1.807, 2.05) is 7.11 Å². The zero-order valence-corrected chi connectivity index (χ0v) is 16.2. The highest BCUT2D eigenvalue weighted by Gasteiger charge is 2.77. The quantitative estimate of drug-likeness (QED) is 0.812. The van der Waals surface area contributed by atoms with Crippen molar-refractivity contribution in [2.24, 2.45) is 39.9 Å². The summed E-state index contributed by atoms with van der Waals surface area (Å²) in [5.41, 5.74) is 2.36. The number of carbonyl (C=O) groups is 1. The maximum atomic E-state index is 11.7. The van der Waals surface area contributed by atoms with Crippen molar-refractivity contribution in [1.82, 2.24) is 5.32 Å². The first-order valence-electron chi connectivity index (χ1n) is 10.4. The predicted octanol–water partition coefficient (Wildman–Crippen LogP) is 4.28. The Bertz CT molecular complexity index is 656. The Hall–Kier alpha value is -0.830. The fourth-order valence-corrected chi connectivity index (χ4v) is 8.53. The molecule has 0 saturated heterocycles. The Morgan fingerprint density at radius 1 is 1.24 bits per heavy atom. The van der Waals surface area contributed by atoms with E-state index in [0.29, 0.717) is 22.9 Å². The first-order chi connectivity index (χ1) is 11.9. The number of fused-ring (bicyclic) bond motifs is 4. The fourth-order valence-electron chi connectivity index (χ4n) is 8.53. The van der Waals surface area contributed by atoms with Crippen LogP contribution in [-0.2, 0) is 9.53 Å². The summed E-state index contributed by atoms with van der Waals surface area (Å²) in [5, 5.41) is 3.16. The summed E-state index contributed by atoms with van der Waals surface area (Å²) < 4.78 is 6.15.